The van der Waals surface area contributed by atoms with Gasteiger partial charge in [-0.05, 0) is 36.8 Å². The molecule has 0 saturated heterocycles. The highest BCUT2D eigenvalue weighted by Crippen LogP contribution is 2.35. The number of para-hydroxylation sites is 1. The van der Waals surface area contributed by atoms with Gasteiger partial charge in [0.25, 0.3) is 5.91 Å². The van der Waals surface area contributed by atoms with Crippen LogP contribution in [0.1, 0.15) is 28.8 Å². The predicted molar refractivity (Wildman–Crippen MR) is 57.9 cm³/mol. The molecule has 1 aliphatic carbocycles. The first kappa shape index (κ1) is 10.0. The van der Waals surface area contributed by atoms with Crippen LogP contribution in [0, 0.1) is 5.92 Å². The van der Waals surface area contributed by atoms with E-state index in [0.29, 0.717) is 11.5 Å². The number of hydrogen-bond acceptors (Lipinski definition) is 2. The number of nitrogens with one attached hydrogen (secondary N) is 1. The van der Waals surface area contributed by atoms with Gasteiger partial charge in [0.1, 0.15) is 5.75 Å². The molecule has 80 valence electrons. The first-order valence-corrected chi connectivity index (χ1v) is 5.25. The molecule has 0 spiro atoms. The smallest absolute Gasteiger partial charge is 0.254 e. The Morgan fingerprint density at radius 2 is 2.27 bits per heavy atom. The van der Waals surface area contributed by atoms with E-state index in [1.807, 2.05) is 12.1 Å². The Hall–Kier alpha value is -1.51. The van der Waals surface area contributed by atoms with Crippen LogP contribution in [0.3, 0.4) is 0 Å². The molecule has 1 aromatic carbocycles. The molecule has 2 rings (SSSR count). The summed E-state index contributed by atoms with van der Waals surface area (Å²) in [5, 5.41) is 12.4. The minimum absolute atomic E-state index is 0.142. The molecule has 0 radical (unpaired) electrons. The quantitative estimate of drug-likeness (QED) is 0.789. The average Bonchev–Trinajstić information content (AvgIpc) is 3.04. The van der Waals surface area contributed by atoms with Gasteiger partial charge in [0.2, 0.25) is 0 Å². The molecule has 1 aliphatic rings. The Kier molecular flexibility index (Phi) is 2.62. The maximum Gasteiger partial charge on any atom is 0.254 e. The molecular weight excluding hydrogens is 190 g/mol. The van der Waals surface area contributed by atoms with Gasteiger partial charge in [-0.2, -0.15) is 0 Å². The third-order valence-corrected chi connectivity index (χ3v) is 2.80. The van der Waals surface area contributed by atoms with Gasteiger partial charge in [0, 0.05) is 7.05 Å². The van der Waals surface area contributed by atoms with Crippen LogP contribution in [-0.4, -0.2) is 18.1 Å². The number of amides is 1. The predicted octanol–water partition coefficient (Wildman–Crippen LogP) is 1.70. The maximum absolute atomic E-state index is 11.4. The molecule has 0 heterocycles. The van der Waals surface area contributed by atoms with Crippen molar-refractivity contribution in [1.29, 1.82) is 0 Å². The fourth-order valence-corrected chi connectivity index (χ4v) is 1.71. The molecule has 0 bridgehead atoms. The summed E-state index contributed by atoms with van der Waals surface area (Å²) in [6, 6.07) is 5.35. The summed E-state index contributed by atoms with van der Waals surface area (Å²) >= 11 is 0. The van der Waals surface area contributed by atoms with E-state index in [0.717, 1.165) is 12.0 Å². The van der Waals surface area contributed by atoms with Crippen LogP contribution in [0.2, 0.25) is 0 Å². The Morgan fingerprint density at radius 1 is 1.53 bits per heavy atom. The summed E-state index contributed by atoms with van der Waals surface area (Å²) in [6.45, 7) is 0. The van der Waals surface area contributed by atoms with Crippen LogP contribution in [0.15, 0.2) is 18.2 Å². The lowest BCUT2D eigenvalue weighted by Gasteiger charge is -2.08. The number of aromatic hydroxyl groups is 1. The standard InChI is InChI=1S/C12H15NO2/c1-13-12(15)10-4-2-3-9(11(10)14)7-8-5-6-8/h2-4,8,14H,5-7H2,1H3,(H,13,15). The molecule has 1 amide bonds. The summed E-state index contributed by atoms with van der Waals surface area (Å²) in [5.41, 5.74) is 1.26. The molecule has 0 aliphatic heterocycles. The van der Waals surface area contributed by atoms with Crippen molar-refractivity contribution in [3.8, 4) is 5.75 Å². The zero-order valence-electron chi connectivity index (χ0n) is 8.79. The summed E-state index contributed by atoms with van der Waals surface area (Å²) in [6.07, 6.45) is 3.37. The van der Waals surface area contributed by atoms with E-state index in [1.54, 1.807) is 13.1 Å². The van der Waals surface area contributed by atoms with Crippen molar-refractivity contribution >= 4 is 5.91 Å². The number of rotatable bonds is 3. The van der Waals surface area contributed by atoms with Crippen molar-refractivity contribution in [3.63, 3.8) is 0 Å². The maximum atomic E-state index is 11.4. The Labute approximate surface area is 89.1 Å². The van der Waals surface area contributed by atoms with E-state index in [-0.39, 0.29) is 11.7 Å². The van der Waals surface area contributed by atoms with Crippen LogP contribution < -0.4 is 5.32 Å². The molecule has 0 aromatic heterocycles. The highest BCUT2D eigenvalue weighted by molar-refractivity contribution is 5.97. The lowest BCUT2D eigenvalue weighted by atomic mass is 10.0. The minimum Gasteiger partial charge on any atom is -0.507 e. The molecule has 3 nitrogen and oxygen atoms in total. The number of phenolic OH excluding ortho intramolecular Hbond substituents is 1. The molecule has 2 N–H and O–H groups in total. The second-order valence-corrected chi connectivity index (χ2v) is 4.04. The van der Waals surface area contributed by atoms with Crippen LogP contribution >= 0.6 is 0 Å². The van der Waals surface area contributed by atoms with Crippen molar-refractivity contribution in [2.75, 3.05) is 7.05 Å². The van der Waals surface area contributed by atoms with Gasteiger partial charge in [-0.3, -0.25) is 4.79 Å². The van der Waals surface area contributed by atoms with Crippen molar-refractivity contribution in [2.45, 2.75) is 19.3 Å². The fraction of sp³-hybridized carbons (Fsp3) is 0.417. The average molecular weight is 205 g/mol. The van der Waals surface area contributed by atoms with Gasteiger partial charge in [0.15, 0.2) is 0 Å². The number of carbonyl (C=O) groups is 1. The molecule has 0 atom stereocenters. The van der Waals surface area contributed by atoms with Crippen molar-refractivity contribution < 1.29 is 9.90 Å². The Bertz CT molecular complexity index is 383. The van der Waals surface area contributed by atoms with Crippen LogP contribution in [0.4, 0.5) is 0 Å². The van der Waals surface area contributed by atoms with Crippen molar-refractivity contribution in [3.05, 3.63) is 29.3 Å². The van der Waals surface area contributed by atoms with Gasteiger partial charge >= 0.3 is 0 Å². The highest BCUT2D eigenvalue weighted by Gasteiger charge is 2.24. The molecule has 1 aromatic rings. The summed E-state index contributed by atoms with van der Waals surface area (Å²) in [7, 11) is 1.56. The van der Waals surface area contributed by atoms with Crippen LogP contribution in [-0.2, 0) is 6.42 Å². The van der Waals surface area contributed by atoms with Gasteiger partial charge in [-0.25, -0.2) is 0 Å². The second-order valence-electron chi connectivity index (χ2n) is 4.04. The zero-order valence-corrected chi connectivity index (χ0v) is 8.79. The number of phenols is 1. The van der Waals surface area contributed by atoms with E-state index in [9.17, 15) is 9.90 Å². The lowest BCUT2D eigenvalue weighted by Crippen LogP contribution is -2.18. The fourth-order valence-electron chi connectivity index (χ4n) is 1.71. The molecule has 1 saturated carbocycles. The number of benzene rings is 1. The van der Waals surface area contributed by atoms with Crippen LogP contribution in [0.5, 0.6) is 5.75 Å². The van der Waals surface area contributed by atoms with Gasteiger partial charge in [-0.15, -0.1) is 0 Å². The monoisotopic (exact) mass is 205 g/mol. The third kappa shape index (κ3) is 2.12. The minimum atomic E-state index is -0.231. The highest BCUT2D eigenvalue weighted by atomic mass is 16.3. The van der Waals surface area contributed by atoms with E-state index >= 15 is 0 Å². The third-order valence-electron chi connectivity index (χ3n) is 2.80. The first-order chi connectivity index (χ1) is 7.22. The van der Waals surface area contributed by atoms with Gasteiger partial charge in [-0.1, -0.05) is 12.1 Å². The summed E-state index contributed by atoms with van der Waals surface area (Å²) < 4.78 is 0. The molecular formula is C12H15NO2. The SMILES string of the molecule is CNC(=O)c1cccc(CC2CC2)c1O. The second kappa shape index (κ2) is 3.93. The van der Waals surface area contributed by atoms with E-state index in [4.69, 9.17) is 0 Å². The van der Waals surface area contributed by atoms with Crippen LogP contribution in [0.25, 0.3) is 0 Å². The Morgan fingerprint density at radius 3 is 2.87 bits per heavy atom. The normalized spacial score (nSPS) is 15.0. The van der Waals surface area contributed by atoms with Gasteiger partial charge in [0.05, 0.1) is 5.56 Å². The topological polar surface area (TPSA) is 49.3 Å². The van der Waals surface area contributed by atoms with Crippen molar-refractivity contribution in [2.24, 2.45) is 5.92 Å². The molecule has 3 heteroatoms. The molecule has 1 fully saturated rings. The lowest BCUT2D eigenvalue weighted by molar-refractivity contribution is 0.0960. The first-order valence-electron chi connectivity index (χ1n) is 5.25. The molecule has 15 heavy (non-hydrogen) atoms. The Balaban J connectivity index is 2.27. The molecule has 0 unspecified atom stereocenters. The number of hydrogen-bond donors (Lipinski definition) is 2. The largest absolute Gasteiger partial charge is 0.507 e. The van der Waals surface area contributed by atoms with E-state index < -0.39 is 0 Å². The summed E-state index contributed by atoms with van der Waals surface area (Å²) in [4.78, 5) is 11.4. The van der Waals surface area contributed by atoms with Crippen molar-refractivity contribution in [1.82, 2.24) is 5.32 Å². The van der Waals surface area contributed by atoms with Gasteiger partial charge < -0.3 is 10.4 Å². The van der Waals surface area contributed by atoms with E-state index in [1.165, 1.54) is 12.8 Å². The zero-order chi connectivity index (χ0) is 10.8. The summed E-state index contributed by atoms with van der Waals surface area (Å²) in [5.74, 6) is 0.615. The van der Waals surface area contributed by atoms with E-state index in [2.05, 4.69) is 5.32 Å². The number of carbonyl (C=O) groups excluding carboxylic acids is 1.